The minimum atomic E-state index is -4.20. The minimum absolute atomic E-state index is 0.0114. The molecule has 5 nitrogen and oxygen atoms in total. The van der Waals surface area contributed by atoms with E-state index in [0.29, 0.717) is 24.6 Å². The number of hydrogen-bond donors (Lipinski definition) is 1. The average molecular weight is 402 g/mol. The van der Waals surface area contributed by atoms with Crippen LogP contribution in [0.25, 0.3) is 5.70 Å². The van der Waals surface area contributed by atoms with Gasteiger partial charge >= 0.3 is 6.18 Å². The molecule has 1 saturated heterocycles. The van der Waals surface area contributed by atoms with Gasteiger partial charge in [-0.1, -0.05) is 6.58 Å². The molecule has 1 aliphatic heterocycles. The first kappa shape index (κ1) is 21.0. The van der Waals surface area contributed by atoms with Crippen LogP contribution >= 0.6 is 0 Å². The standard InChI is InChI=1S/C19H26F4N4O/c1-11(2)25-18-16(20)17(13-4-6-14(7-5-13)19(21,22)23)26-27(18)12(3)15-10-24-8-9-28-15/h13-15,24H,3-10H2,1-2H3/t13-,14-,15-/m0/s1. The molecule has 2 fully saturated rings. The zero-order chi connectivity index (χ0) is 20.5. The zero-order valence-electron chi connectivity index (χ0n) is 16.2. The second kappa shape index (κ2) is 8.32. The summed E-state index contributed by atoms with van der Waals surface area (Å²) in [5.74, 6) is -2.22. The molecule has 0 radical (unpaired) electrons. The van der Waals surface area contributed by atoms with Crippen LogP contribution < -0.4 is 5.32 Å². The maximum atomic E-state index is 15.2. The molecule has 156 valence electrons. The molecule has 0 aromatic carbocycles. The van der Waals surface area contributed by atoms with Crippen molar-refractivity contribution in [1.29, 1.82) is 0 Å². The van der Waals surface area contributed by atoms with E-state index in [1.165, 1.54) is 4.68 Å². The van der Waals surface area contributed by atoms with Crippen molar-refractivity contribution in [2.24, 2.45) is 10.9 Å². The van der Waals surface area contributed by atoms with Crippen molar-refractivity contribution in [2.75, 3.05) is 19.7 Å². The van der Waals surface area contributed by atoms with Gasteiger partial charge in [-0.05, 0) is 39.5 Å². The van der Waals surface area contributed by atoms with Crippen molar-refractivity contribution < 1.29 is 22.3 Å². The van der Waals surface area contributed by atoms with Crippen LogP contribution in [-0.2, 0) is 4.74 Å². The molecule has 1 aromatic heterocycles. The molecule has 0 amide bonds. The number of aliphatic imine (C=N–C) groups is 1. The van der Waals surface area contributed by atoms with Crippen molar-refractivity contribution >= 4 is 17.2 Å². The Labute approximate surface area is 161 Å². The molecule has 3 rings (SSSR count). The Morgan fingerprint density at radius 1 is 1.25 bits per heavy atom. The normalized spacial score (nSPS) is 26.1. The fraction of sp³-hybridized carbons (Fsp3) is 0.684. The second-order valence-electron chi connectivity index (χ2n) is 7.64. The van der Waals surface area contributed by atoms with E-state index in [1.54, 1.807) is 13.8 Å². The van der Waals surface area contributed by atoms with E-state index in [0.717, 1.165) is 6.54 Å². The van der Waals surface area contributed by atoms with E-state index < -0.39 is 17.9 Å². The lowest BCUT2D eigenvalue weighted by atomic mass is 9.80. The molecular formula is C19H26F4N4O. The Kier molecular flexibility index (Phi) is 6.24. The Morgan fingerprint density at radius 3 is 2.46 bits per heavy atom. The molecule has 9 heteroatoms. The number of morpholine rings is 1. The Bertz CT molecular complexity index is 738. The van der Waals surface area contributed by atoms with Crippen LogP contribution in [0, 0.1) is 11.7 Å². The van der Waals surface area contributed by atoms with E-state index in [9.17, 15) is 13.2 Å². The summed E-state index contributed by atoms with van der Waals surface area (Å²) in [6, 6.07) is 0. The number of nitrogens with one attached hydrogen (secondary N) is 1. The van der Waals surface area contributed by atoms with Gasteiger partial charge in [0.2, 0.25) is 0 Å². The zero-order valence-corrected chi connectivity index (χ0v) is 16.2. The Balaban J connectivity index is 1.88. The molecule has 1 aliphatic carbocycles. The summed E-state index contributed by atoms with van der Waals surface area (Å²) in [6.45, 7) is 9.26. The Hall–Kier alpha value is -1.74. The summed E-state index contributed by atoms with van der Waals surface area (Å²) in [4.78, 5) is 4.27. The first-order chi connectivity index (χ1) is 13.2. The largest absolute Gasteiger partial charge is 0.391 e. The summed E-state index contributed by atoms with van der Waals surface area (Å²) in [5.41, 5.74) is 1.27. The number of rotatable bonds is 4. The lowest BCUT2D eigenvalue weighted by molar-refractivity contribution is -0.182. The lowest BCUT2D eigenvalue weighted by Crippen LogP contribution is -2.40. The maximum absolute atomic E-state index is 15.2. The number of aromatic nitrogens is 2. The van der Waals surface area contributed by atoms with Crippen molar-refractivity contribution in [3.63, 3.8) is 0 Å². The van der Waals surface area contributed by atoms with Gasteiger partial charge in [0.15, 0.2) is 11.6 Å². The molecule has 0 unspecified atom stereocenters. The van der Waals surface area contributed by atoms with Gasteiger partial charge in [-0.2, -0.15) is 18.3 Å². The highest BCUT2D eigenvalue weighted by molar-refractivity contribution is 5.82. The van der Waals surface area contributed by atoms with E-state index in [1.807, 2.05) is 0 Å². The molecule has 0 spiro atoms. The third-order valence-electron chi connectivity index (χ3n) is 5.31. The molecular weight excluding hydrogens is 376 g/mol. The summed E-state index contributed by atoms with van der Waals surface area (Å²) in [7, 11) is 0. The number of nitrogens with zero attached hydrogens (tertiary/aromatic N) is 3. The molecule has 1 atom stereocenters. The quantitative estimate of drug-likeness (QED) is 0.599. The van der Waals surface area contributed by atoms with Gasteiger partial charge in [-0.3, -0.25) is 0 Å². The second-order valence-corrected chi connectivity index (χ2v) is 7.64. The maximum Gasteiger partial charge on any atom is 0.391 e. The number of halogens is 4. The number of hydrogen-bond acceptors (Lipinski definition) is 4. The van der Waals surface area contributed by atoms with Crippen LogP contribution in [0.15, 0.2) is 11.6 Å². The van der Waals surface area contributed by atoms with Crippen molar-refractivity contribution in [3.05, 3.63) is 18.1 Å². The van der Waals surface area contributed by atoms with E-state index in [-0.39, 0.29) is 49.2 Å². The third-order valence-corrected chi connectivity index (χ3v) is 5.31. The molecule has 1 aromatic rings. The van der Waals surface area contributed by atoms with Gasteiger partial charge in [-0.25, -0.2) is 14.1 Å². The molecule has 2 heterocycles. The fourth-order valence-corrected chi connectivity index (χ4v) is 3.79. The first-order valence-electron chi connectivity index (χ1n) is 9.57. The lowest BCUT2D eigenvalue weighted by Gasteiger charge is -2.29. The topological polar surface area (TPSA) is 51.4 Å². The summed E-state index contributed by atoms with van der Waals surface area (Å²) >= 11 is 0. The van der Waals surface area contributed by atoms with Crippen molar-refractivity contribution in [1.82, 2.24) is 15.1 Å². The van der Waals surface area contributed by atoms with Crippen LogP contribution in [0.4, 0.5) is 23.4 Å². The van der Waals surface area contributed by atoms with Gasteiger partial charge in [-0.15, -0.1) is 0 Å². The summed E-state index contributed by atoms with van der Waals surface area (Å²) < 4.78 is 61.0. The predicted octanol–water partition coefficient (Wildman–Crippen LogP) is 4.43. The highest BCUT2D eigenvalue weighted by Gasteiger charge is 2.42. The molecule has 0 bridgehead atoms. The molecule has 2 aliphatic rings. The SMILES string of the molecule is C=C([C@@H]1CNCCO1)n1nc([C@H]2CC[C@H](C(F)(F)F)CC2)c(F)c1N=C(C)C. The minimum Gasteiger partial charge on any atom is -0.369 e. The monoisotopic (exact) mass is 402 g/mol. The van der Waals surface area contributed by atoms with Crippen LogP contribution in [0.1, 0.15) is 51.1 Å². The summed E-state index contributed by atoms with van der Waals surface area (Å²) in [5, 5.41) is 7.58. The van der Waals surface area contributed by atoms with Gasteiger partial charge < -0.3 is 10.1 Å². The van der Waals surface area contributed by atoms with Crippen LogP contribution in [0.2, 0.25) is 0 Å². The van der Waals surface area contributed by atoms with E-state index in [4.69, 9.17) is 4.74 Å². The third kappa shape index (κ3) is 4.46. The van der Waals surface area contributed by atoms with Crippen molar-refractivity contribution in [3.8, 4) is 0 Å². The number of alkyl halides is 3. The van der Waals surface area contributed by atoms with E-state index >= 15 is 4.39 Å². The highest BCUT2D eigenvalue weighted by Crippen LogP contribution is 2.44. The van der Waals surface area contributed by atoms with Gasteiger partial charge in [0.05, 0.1) is 18.2 Å². The van der Waals surface area contributed by atoms with Gasteiger partial charge in [0.25, 0.3) is 0 Å². The van der Waals surface area contributed by atoms with Gasteiger partial charge in [0, 0.05) is 24.7 Å². The number of ether oxygens (including phenoxy) is 1. The average Bonchev–Trinajstić information content (AvgIpc) is 2.97. The predicted molar refractivity (Wildman–Crippen MR) is 99.3 cm³/mol. The van der Waals surface area contributed by atoms with Gasteiger partial charge in [0.1, 0.15) is 11.8 Å². The molecule has 1 N–H and O–H groups in total. The van der Waals surface area contributed by atoms with Crippen LogP contribution in [0.5, 0.6) is 0 Å². The molecule has 28 heavy (non-hydrogen) atoms. The fourth-order valence-electron chi connectivity index (χ4n) is 3.79. The summed E-state index contributed by atoms with van der Waals surface area (Å²) in [6.07, 6.45) is -4.09. The first-order valence-corrected chi connectivity index (χ1v) is 9.57. The molecule has 1 saturated carbocycles. The Morgan fingerprint density at radius 2 is 1.93 bits per heavy atom. The van der Waals surface area contributed by atoms with Crippen LogP contribution in [0.3, 0.4) is 0 Å². The smallest absolute Gasteiger partial charge is 0.369 e. The van der Waals surface area contributed by atoms with Crippen LogP contribution in [-0.4, -0.2) is 47.5 Å². The van der Waals surface area contributed by atoms with Crippen molar-refractivity contribution in [2.45, 2.75) is 57.7 Å². The highest BCUT2D eigenvalue weighted by atomic mass is 19.4. The van der Waals surface area contributed by atoms with E-state index in [2.05, 4.69) is 22.0 Å².